The predicted molar refractivity (Wildman–Crippen MR) is 97.8 cm³/mol. The van der Waals surface area contributed by atoms with Crippen molar-refractivity contribution in [3.8, 4) is 11.3 Å². The lowest BCUT2D eigenvalue weighted by Gasteiger charge is -1.99. The van der Waals surface area contributed by atoms with E-state index < -0.39 is 0 Å². The van der Waals surface area contributed by atoms with Crippen LogP contribution in [0, 0.1) is 0 Å². The maximum Gasteiger partial charge on any atom is 0.188 e. The number of benzene rings is 1. The molecule has 4 heteroatoms. The Kier molecular flexibility index (Phi) is 8.53. The molecule has 3 nitrogen and oxygen atoms in total. The molecule has 0 unspecified atom stereocenters. The van der Waals surface area contributed by atoms with Crippen LogP contribution in [0.25, 0.3) is 11.3 Å². The average molecular weight is 313 g/mol. The van der Waals surface area contributed by atoms with Crippen molar-refractivity contribution in [2.75, 3.05) is 5.32 Å². The summed E-state index contributed by atoms with van der Waals surface area (Å²) in [5, 5.41) is 6.09. The molecule has 2 heterocycles. The molecule has 0 saturated carbocycles. The Morgan fingerprint density at radius 2 is 1.55 bits per heavy atom. The molecule has 0 aliphatic rings. The Morgan fingerprint density at radius 3 is 2.18 bits per heavy atom. The summed E-state index contributed by atoms with van der Waals surface area (Å²) < 4.78 is 0. The number of aromatic nitrogens is 2. The maximum atomic E-state index is 4.54. The summed E-state index contributed by atoms with van der Waals surface area (Å²) in [5.41, 5.74) is 2.11. The average Bonchev–Trinajstić information content (AvgIpc) is 3.09. The van der Waals surface area contributed by atoms with E-state index in [-0.39, 0.29) is 0 Å². The van der Waals surface area contributed by atoms with E-state index in [1.54, 1.807) is 17.5 Å². The Hall–Kier alpha value is -2.20. The quantitative estimate of drug-likeness (QED) is 0.644. The van der Waals surface area contributed by atoms with E-state index >= 15 is 0 Å². The summed E-state index contributed by atoms with van der Waals surface area (Å²) in [5.74, 6) is 0.812. The van der Waals surface area contributed by atoms with Gasteiger partial charge in [-0.3, -0.25) is 0 Å². The van der Waals surface area contributed by atoms with Gasteiger partial charge in [0.1, 0.15) is 5.82 Å². The van der Waals surface area contributed by atoms with Crippen LogP contribution in [-0.4, -0.2) is 9.97 Å². The first-order chi connectivity index (χ1) is 10.9. The fourth-order valence-corrected chi connectivity index (χ4v) is 2.35. The van der Waals surface area contributed by atoms with Crippen LogP contribution in [0.1, 0.15) is 27.7 Å². The first kappa shape index (κ1) is 17.9. The van der Waals surface area contributed by atoms with E-state index in [0.29, 0.717) is 0 Å². The van der Waals surface area contributed by atoms with E-state index in [2.05, 4.69) is 27.4 Å². The van der Waals surface area contributed by atoms with Crippen LogP contribution in [-0.2, 0) is 0 Å². The highest BCUT2D eigenvalue weighted by Gasteiger charge is 2.04. The van der Waals surface area contributed by atoms with E-state index in [0.717, 1.165) is 22.2 Å². The molecule has 22 heavy (non-hydrogen) atoms. The molecule has 0 bridgehead atoms. The van der Waals surface area contributed by atoms with Gasteiger partial charge in [0, 0.05) is 17.1 Å². The van der Waals surface area contributed by atoms with Crippen molar-refractivity contribution in [3.63, 3.8) is 0 Å². The number of thiazole rings is 1. The number of hydrogen-bond donors (Lipinski definition) is 1. The summed E-state index contributed by atoms with van der Waals surface area (Å²) in [4.78, 5) is 8.75. The van der Waals surface area contributed by atoms with Crippen LogP contribution in [0.3, 0.4) is 0 Å². The highest BCUT2D eigenvalue weighted by Crippen LogP contribution is 2.26. The molecule has 2 aromatic heterocycles. The van der Waals surface area contributed by atoms with Gasteiger partial charge in [-0.1, -0.05) is 64.1 Å². The van der Waals surface area contributed by atoms with Gasteiger partial charge in [-0.25, -0.2) is 9.97 Å². The lowest BCUT2D eigenvalue weighted by atomic mass is 10.2. The normalized spacial score (nSPS) is 8.91. The minimum absolute atomic E-state index is 0.812. The van der Waals surface area contributed by atoms with Crippen LogP contribution in [0.2, 0.25) is 0 Å². The van der Waals surface area contributed by atoms with Crippen LogP contribution in [0.4, 0.5) is 10.9 Å². The fraction of sp³-hybridized carbons (Fsp3) is 0.222. The van der Waals surface area contributed by atoms with E-state index in [1.165, 1.54) is 0 Å². The molecule has 0 radical (unpaired) electrons. The van der Waals surface area contributed by atoms with Crippen molar-refractivity contribution in [3.05, 3.63) is 60.1 Å². The van der Waals surface area contributed by atoms with Crippen LogP contribution < -0.4 is 5.32 Å². The number of anilines is 2. The third-order valence-electron chi connectivity index (χ3n) is 2.47. The molecule has 0 aliphatic heterocycles. The Morgan fingerprint density at radius 1 is 0.864 bits per heavy atom. The van der Waals surface area contributed by atoms with Gasteiger partial charge in [0.2, 0.25) is 0 Å². The SMILES string of the molecule is CC.CC.c1ccc(-c2csc(Nc3ccccn3)n2)cc1. The third-order valence-corrected chi connectivity index (χ3v) is 3.23. The van der Waals surface area contributed by atoms with Gasteiger partial charge < -0.3 is 5.32 Å². The highest BCUT2D eigenvalue weighted by molar-refractivity contribution is 7.14. The second-order valence-corrected chi connectivity index (χ2v) is 4.60. The predicted octanol–water partition coefficient (Wildman–Crippen LogP) is 6.00. The van der Waals surface area contributed by atoms with Gasteiger partial charge in [0.05, 0.1) is 5.69 Å². The minimum atomic E-state index is 0.812. The zero-order valence-electron chi connectivity index (χ0n) is 13.6. The molecule has 1 N–H and O–H groups in total. The van der Waals surface area contributed by atoms with Gasteiger partial charge in [0.15, 0.2) is 5.13 Å². The molecule has 0 saturated heterocycles. The van der Waals surface area contributed by atoms with Gasteiger partial charge in [0.25, 0.3) is 0 Å². The second kappa shape index (κ2) is 10.5. The largest absolute Gasteiger partial charge is 0.316 e. The van der Waals surface area contributed by atoms with Crippen molar-refractivity contribution >= 4 is 22.3 Å². The van der Waals surface area contributed by atoms with Crippen molar-refractivity contribution in [2.24, 2.45) is 0 Å². The van der Waals surface area contributed by atoms with Gasteiger partial charge in [-0.15, -0.1) is 11.3 Å². The molecule has 3 aromatic rings. The Labute approximate surface area is 137 Å². The van der Waals surface area contributed by atoms with E-state index in [9.17, 15) is 0 Å². The number of nitrogens with one attached hydrogen (secondary N) is 1. The van der Waals surface area contributed by atoms with E-state index in [1.807, 2.05) is 69.5 Å². The molecule has 3 rings (SSSR count). The smallest absolute Gasteiger partial charge is 0.188 e. The first-order valence-corrected chi connectivity index (χ1v) is 8.49. The molecule has 0 aliphatic carbocycles. The summed E-state index contributed by atoms with van der Waals surface area (Å²) >= 11 is 1.58. The summed E-state index contributed by atoms with van der Waals surface area (Å²) in [6.45, 7) is 8.00. The molecule has 116 valence electrons. The molecule has 0 fully saturated rings. The van der Waals surface area contributed by atoms with Crippen LogP contribution >= 0.6 is 11.3 Å². The molecule has 0 spiro atoms. The van der Waals surface area contributed by atoms with Crippen LogP contribution in [0.5, 0.6) is 0 Å². The number of pyridine rings is 1. The number of hydrogen-bond acceptors (Lipinski definition) is 4. The summed E-state index contributed by atoms with van der Waals surface area (Å²) in [6.07, 6.45) is 1.76. The van der Waals surface area contributed by atoms with Crippen molar-refractivity contribution in [2.45, 2.75) is 27.7 Å². The standard InChI is InChI=1S/C14H11N3S.2C2H6/c1-2-6-11(7-3-1)12-10-18-14(16-12)17-13-8-4-5-9-15-13;2*1-2/h1-10H,(H,15,16,17);2*1-2H3. The molecule has 0 amide bonds. The molecule has 0 atom stereocenters. The molecule has 1 aromatic carbocycles. The van der Waals surface area contributed by atoms with Gasteiger partial charge in [-0.05, 0) is 12.1 Å². The third kappa shape index (κ3) is 5.30. The highest BCUT2D eigenvalue weighted by atomic mass is 32.1. The second-order valence-electron chi connectivity index (χ2n) is 3.74. The number of nitrogens with zero attached hydrogens (tertiary/aromatic N) is 2. The van der Waals surface area contributed by atoms with E-state index in [4.69, 9.17) is 0 Å². The van der Waals surface area contributed by atoms with Crippen molar-refractivity contribution in [1.82, 2.24) is 9.97 Å². The Balaban J connectivity index is 0.000000561. The van der Waals surface area contributed by atoms with Gasteiger partial charge in [-0.2, -0.15) is 0 Å². The monoisotopic (exact) mass is 313 g/mol. The van der Waals surface area contributed by atoms with Crippen molar-refractivity contribution < 1.29 is 0 Å². The van der Waals surface area contributed by atoms with Crippen molar-refractivity contribution in [1.29, 1.82) is 0 Å². The topological polar surface area (TPSA) is 37.8 Å². The maximum absolute atomic E-state index is 4.54. The zero-order chi connectivity index (χ0) is 16.2. The Bertz CT molecular complexity index is 621. The number of rotatable bonds is 3. The van der Waals surface area contributed by atoms with Gasteiger partial charge >= 0.3 is 0 Å². The lowest BCUT2D eigenvalue weighted by Crippen LogP contribution is -1.91. The first-order valence-electron chi connectivity index (χ1n) is 7.61. The summed E-state index contributed by atoms with van der Waals surface area (Å²) in [6, 6.07) is 15.9. The van der Waals surface area contributed by atoms with Crippen LogP contribution in [0.15, 0.2) is 60.1 Å². The molecular weight excluding hydrogens is 290 g/mol. The lowest BCUT2D eigenvalue weighted by molar-refractivity contribution is 1.29. The molecular formula is C18H23N3S. The summed E-state index contributed by atoms with van der Waals surface area (Å²) in [7, 11) is 0. The zero-order valence-corrected chi connectivity index (χ0v) is 14.4. The fourth-order valence-electron chi connectivity index (χ4n) is 1.62. The minimum Gasteiger partial charge on any atom is -0.316 e.